The molecular weight excluding hydrogens is 176 g/mol. The number of carbonyl (C=O) groups is 1. The van der Waals surface area contributed by atoms with Crippen molar-refractivity contribution in [1.82, 2.24) is 0 Å². The van der Waals surface area contributed by atoms with Crippen LogP contribution in [-0.4, -0.2) is 11.1 Å². The fraction of sp³-hybridized carbons (Fsp3) is 0.917. The second-order valence-electron chi connectivity index (χ2n) is 5.71. The lowest BCUT2D eigenvalue weighted by Crippen LogP contribution is -2.40. The molecule has 0 aromatic heterocycles. The van der Waals surface area contributed by atoms with E-state index in [-0.39, 0.29) is 16.7 Å². The number of carboxylic acid groups (broad SMARTS) is 1. The molecule has 2 aliphatic rings. The Kier molecular flexibility index (Phi) is 1.96. The summed E-state index contributed by atoms with van der Waals surface area (Å²) in [7, 11) is 0. The predicted molar refractivity (Wildman–Crippen MR) is 55.0 cm³/mol. The van der Waals surface area contributed by atoms with Gasteiger partial charge in [-0.1, -0.05) is 20.8 Å². The summed E-state index contributed by atoms with van der Waals surface area (Å²) in [5.74, 6) is -0.0186. The zero-order valence-electron chi connectivity index (χ0n) is 9.34. The SMILES string of the molecule is CC(C(=O)O)C12CCC(CC1)C2(C)C. The lowest BCUT2D eigenvalue weighted by molar-refractivity contribution is -0.148. The Balaban J connectivity index is 2.36. The molecule has 0 aromatic rings. The number of rotatable bonds is 2. The summed E-state index contributed by atoms with van der Waals surface area (Å²) in [6.07, 6.45) is 4.73. The molecular formula is C12H20O2. The monoisotopic (exact) mass is 196 g/mol. The van der Waals surface area contributed by atoms with Crippen LogP contribution in [0.5, 0.6) is 0 Å². The number of carboxylic acids is 1. The van der Waals surface area contributed by atoms with Crippen molar-refractivity contribution >= 4 is 5.97 Å². The standard InChI is InChI=1S/C12H20O2/c1-8(10(13)14)12-6-4-9(5-7-12)11(12,2)3/h8-9H,4-7H2,1-3H3,(H,13,14). The molecule has 80 valence electrons. The fourth-order valence-electron chi connectivity index (χ4n) is 4.13. The molecule has 0 heterocycles. The summed E-state index contributed by atoms with van der Waals surface area (Å²) < 4.78 is 0. The van der Waals surface area contributed by atoms with Crippen molar-refractivity contribution in [2.24, 2.45) is 22.7 Å². The number of hydrogen-bond acceptors (Lipinski definition) is 1. The van der Waals surface area contributed by atoms with Gasteiger partial charge in [-0.3, -0.25) is 4.79 Å². The predicted octanol–water partition coefficient (Wildman–Crippen LogP) is 2.92. The van der Waals surface area contributed by atoms with Gasteiger partial charge in [0.1, 0.15) is 0 Å². The Morgan fingerprint density at radius 3 is 2.14 bits per heavy atom. The van der Waals surface area contributed by atoms with Gasteiger partial charge in [0.05, 0.1) is 5.92 Å². The van der Waals surface area contributed by atoms with Crippen LogP contribution in [0.15, 0.2) is 0 Å². The van der Waals surface area contributed by atoms with Crippen LogP contribution in [0, 0.1) is 22.7 Å². The summed E-state index contributed by atoms with van der Waals surface area (Å²) in [5.41, 5.74) is 0.328. The van der Waals surface area contributed by atoms with Gasteiger partial charge in [-0.05, 0) is 42.4 Å². The Labute approximate surface area is 85.7 Å². The molecule has 1 N–H and O–H groups in total. The Hall–Kier alpha value is -0.530. The second kappa shape index (κ2) is 2.74. The van der Waals surface area contributed by atoms with Gasteiger partial charge in [0.15, 0.2) is 0 Å². The average Bonchev–Trinajstić information content (AvgIpc) is 2.53. The Bertz CT molecular complexity index is 259. The van der Waals surface area contributed by atoms with Crippen LogP contribution in [0.2, 0.25) is 0 Å². The molecule has 2 rings (SSSR count). The normalized spacial score (nSPS) is 41.2. The Morgan fingerprint density at radius 2 is 1.86 bits per heavy atom. The first-order valence-corrected chi connectivity index (χ1v) is 5.64. The smallest absolute Gasteiger partial charge is 0.306 e. The first-order valence-electron chi connectivity index (χ1n) is 5.64. The molecule has 0 aromatic carbocycles. The van der Waals surface area contributed by atoms with Crippen molar-refractivity contribution in [3.63, 3.8) is 0 Å². The van der Waals surface area contributed by atoms with Crippen molar-refractivity contribution in [1.29, 1.82) is 0 Å². The molecule has 0 amide bonds. The van der Waals surface area contributed by atoms with E-state index >= 15 is 0 Å². The second-order valence-corrected chi connectivity index (χ2v) is 5.71. The van der Waals surface area contributed by atoms with Crippen molar-refractivity contribution in [3.05, 3.63) is 0 Å². The highest BCUT2D eigenvalue weighted by atomic mass is 16.4. The van der Waals surface area contributed by atoms with E-state index < -0.39 is 5.97 Å². The topological polar surface area (TPSA) is 37.3 Å². The zero-order chi connectivity index (χ0) is 10.6. The molecule has 0 saturated heterocycles. The van der Waals surface area contributed by atoms with Gasteiger partial charge < -0.3 is 5.11 Å². The zero-order valence-corrected chi connectivity index (χ0v) is 9.34. The van der Waals surface area contributed by atoms with Crippen LogP contribution in [-0.2, 0) is 4.79 Å². The van der Waals surface area contributed by atoms with Crippen molar-refractivity contribution in [2.45, 2.75) is 46.5 Å². The fourth-order valence-corrected chi connectivity index (χ4v) is 4.13. The first kappa shape index (κ1) is 10.0. The molecule has 2 bridgehead atoms. The van der Waals surface area contributed by atoms with Gasteiger partial charge in [0.2, 0.25) is 0 Å². The summed E-state index contributed by atoms with van der Waals surface area (Å²) in [6.45, 7) is 6.45. The summed E-state index contributed by atoms with van der Waals surface area (Å²) in [4.78, 5) is 11.2. The van der Waals surface area contributed by atoms with E-state index in [9.17, 15) is 9.90 Å². The van der Waals surface area contributed by atoms with Crippen LogP contribution in [0.3, 0.4) is 0 Å². The summed E-state index contributed by atoms with van der Waals surface area (Å²) in [6, 6.07) is 0. The third-order valence-electron chi connectivity index (χ3n) is 5.38. The molecule has 14 heavy (non-hydrogen) atoms. The Morgan fingerprint density at radius 1 is 1.36 bits per heavy atom. The molecule has 1 unspecified atom stereocenters. The van der Waals surface area contributed by atoms with Crippen LogP contribution < -0.4 is 0 Å². The molecule has 0 radical (unpaired) electrons. The van der Waals surface area contributed by atoms with Crippen LogP contribution >= 0.6 is 0 Å². The first-order chi connectivity index (χ1) is 6.42. The highest BCUT2D eigenvalue weighted by Gasteiger charge is 2.62. The van der Waals surface area contributed by atoms with E-state index in [1.54, 1.807) is 0 Å². The van der Waals surface area contributed by atoms with Crippen LogP contribution in [0.1, 0.15) is 46.5 Å². The van der Waals surface area contributed by atoms with Gasteiger partial charge in [-0.2, -0.15) is 0 Å². The molecule has 0 spiro atoms. The van der Waals surface area contributed by atoms with E-state index in [0.717, 1.165) is 18.8 Å². The van der Waals surface area contributed by atoms with Gasteiger partial charge >= 0.3 is 5.97 Å². The van der Waals surface area contributed by atoms with Crippen LogP contribution in [0.25, 0.3) is 0 Å². The highest BCUT2D eigenvalue weighted by Crippen LogP contribution is 2.68. The maximum Gasteiger partial charge on any atom is 0.306 e. The minimum Gasteiger partial charge on any atom is -0.481 e. The summed E-state index contributed by atoms with van der Waals surface area (Å²) >= 11 is 0. The number of aliphatic carboxylic acids is 1. The third-order valence-corrected chi connectivity index (χ3v) is 5.38. The van der Waals surface area contributed by atoms with E-state index in [0.29, 0.717) is 0 Å². The van der Waals surface area contributed by atoms with Gasteiger partial charge in [-0.25, -0.2) is 0 Å². The van der Waals surface area contributed by atoms with E-state index in [1.807, 2.05) is 6.92 Å². The van der Waals surface area contributed by atoms with Crippen molar-refractivity contribution in [2.75, 3.05) is 0 Å². The number of fused-ring (bicyclic) bond motifs is 2. The molecule has 1 atom stereocenters. The van der Waals surface area contributed by atoms with E-state index in [4.69, 9.17) is 0 Å². The quantitative estimate of drug-likeness (QED) is 0.737. The van der Waals surface area contributed by atoms with Gasteiger partial charge in [0, 0.05) is 0 Å². The third kappa shape index (κ3) is 0.945. The molecule has 0 aliphatic heterocycles. The van der Waals surface area contributed by atoms with Gasteiger partial charge in [0.25, 0.3) is 0 Å². The van der Waals surface area contributed by atoms with Crippen molar-refractivity contribution in [3.8, 4) is 0 Å². The molecule has 2 heteroatoms. The number of hydrogen-bond donors (Lipinski definition) is 1. The lowest BCUT2D eigenvalue weighted by atomic mass is 9.62. The minimum absolute atomic E-state index is 0.0868. The van der Waals surface area contributed by atoms with E-state index in [2.05, 4.69) is 13.8 Å². The van der Waals surface area contributed by atoms with Gasteiger partial charge in [-0.15, -0.1) is 0 Å². The molecule has 2 fully saturated rings. The maximum absolute atomic E-state index is 11.2. The molecule has 2 saturated carbocycles. The molecule has 2 aliphatic carbocycles. The van der Waals surface area contributed by atoms with Crippen molar-refractivity contribution < 1.29 is 9.90 Å². The van der Waals surface area contributed by atoms with E-state index in [1.165, 1.54) is 12.8 Å². The highest BCUT2D eigenvalue weighted by molar-refractivity contribution is 5.71. The lowest BCUT2D eigenvalue weighted by Gasteiger charge is -2.41. The largest absolute Gasteiger partial charge is 0.481 e. The molecule has 2 nitrogen and oxygen atoms in total. The average molecular weight is 196 g/mol. The summed E-state index contributed by atoms with van der Waals surface area (Å²) in [5, 5.41) is 9.19. The maximum atomic E-state index is 11.2. The van der Waals surface area contributed by atoms with Crippen LogP contribution in [0.4, 0.5) is 0 Å². The minimum atomic E-state index is -0.611.